The number of aliphatic hydroxyl groups is 11. The highest BCUT2D eigenvalue weighted by atomic mass is 16.8. The topological polar surface area (TPSA) is 345 Å². The largest absolute Gasteiger partial charge is 0.394 e. The van der Waals surface area contributed by atoms with Crippen LogP contribution in [0.3, 0.4) is 0 Å². The number of aliphatic hydroxyl groups excluding tert-OH is 11. The van der Waals surface area contributed by atoms with Crippen LogP contribution in [0.1, 0.15) is 20.8 Å². The van der Waals surface area contributed by atoms with E-state index in [2.05, 4.69) is 10.6 Å². The first-order chi connectivity index (χ1) is 23.5. The number of amides is 2. The van der Waals surface area contributed by atoms with E-state index < -0.39 is 154 Å². The Hall–Kier alpha value is -1.78. The SMILES string of the molecule is CC(=O)N[C@@H]1[C@@H](O)[C@@H](O[C@@H]2O[C@H](CO)[C@@H](O)[C@H](O[C@H]3O[C@H](CO)[C@H](O)[C@H](O)[C@H]3NC(C)=O)[C@H]2O[C@@H]2O[C@@H](C)[C@@H](O)[C@@H](O)[C@@H]2O)[C@@H](CO)O[C@H]1O. The van der Waals surface area contributed by atoms with Gasteiger partial charge in [-0.25, -0.2) is 0 Å². The molecule has 0 spiro atoms. The Kier molecular flexibility index (Phi) is 14.2. The third-order valence-corrected chi connectivity index (χ3v) is 8.97. The molecule has 2 amide bonds. The zero-order valence-electron chi connectivity index (χ0n) is 27.3. The summed E-state index contributed by atoms with van der Waals surface area (Å²) in [4.78, 5) is 23.9. The number of carbonyl (C=O) groups is 2. The van der Waals surface area contributed by atoms with E-state index >= 15 is 0 Å². The Morgan fingerprint density at radius 1 is 0.520 bits per heavy atom. The zero-order chi connectivity index (χ0) is 37.2. The molecular weight excluding hydrogens is 684 g/mol. The molecule has 0 bridgehead atoms. The molecule has 0 radical (unpaired) electrons. The van der Waals surface area contributed by atoms with Crippen molar-refractivity contribution in [3.63, 3.8) is 0 Å². The zero-order valence-corrected chi connectivity index (χ0v) is 27.3. The van der Waals surface area contributed by atoms with E-state index in [9.17, 15) is 65.8 Å². The summed E-state index contributed by atoms with van der Waals surface area (Å²) in [5.41, 5.74) is 0. The van der Waals surface area contributed by atoms with Crippen molar-refractivity contribution in [2.75, 3.05) is 19.8 Å². The smallest absolute Gasteiger partial charge is 0.217 e. The third kappa shape index (κ3) is 8.70. The standard InChI is InChI=1S/C28H48N2O20/c1-7-15(36)20(41)21(42)27(44-7)50-24-23(49-26-14(30-9(3)35)18(39)16(37)10(4-31)46-26)17(38)11(5-32)47-28(24)48-22-12(6-33)45-25(43)13(19(22)40)29-8(2)34/h7,10-28,31-33,36-43H,4-6H2,1-3H3,(H,29,34)(H,30,35)/t7-,10+,11+,12+,13+,14+,15+,16-,17+,18+,19+,20+,21-,22-,23-,24+,25+,26+,27-,28-/m0/s1. The summed E-state index contributed by atoms with van der Waals surface area (Å²) in [5.74, 6) is -1.40. The molecule has 4 rings (SSSR count). The predicted molar refractivity (Wildman–Crippen MR) is 156 cm³/mol. The van der Waals surface area contributed by atoms with Gasteiger partial charge < -0.3 is 100.0 Å². The molecule has 13 N–H and O–H groups in total. The molecule has 0 aromatic heterocycles. The van der Waals surface area contributed by atoms with Crippen molar-refractivity contribution in [1.29, 1.82) is 0 Å². The average Bonchev–Trinajstić information content (AvgIpc) is 3.07. The van der Waals surface area contributed by atoms with Crippen molar-refractivity contribution < 1.29 is 98.9 Å². The first-order valence-corrected chi connectivity index (χ1v) is 15.9. The molecule has 20 atom stereocenters. The molecule has 4 heterocycles. The number of hydrogen-bond acceptors (Lipinski definition) is 20. The summed E-state index contributed by atoms with van der Waals surface area (Å²) >= 11 is 0. The fraction of sp³-hybridized carbons (Fsp3) is 0.929. The van der Waals surface area contributed by atoms with Crippen molar-refractivity contribution in [1.82, 2.24) is 10.6 Å². The fourth-order valence-corrected chi connectivity index (χ4v) is 6.27. The molecule has 4 saturated heterocycles. The van der Waals surface area contributed by atoms with Gasteiger partial charge in [-0.3, -0.25) is 9.59 Å². The van der Waals surface area contributed by atoms with Crippen molar-refractivity contribution >= 4 is 11.8 Å². The second kappa shape index (κ2) is 17.4. The lowest BCUT2D eigenvalue weighted by Gasteiger charge is -2.51. The molecule has 22 heteroatoms. The van der Waals surface area contributed by atoms with Crippen LogP contribution in [0.15, 0.2) is 0 Å². The van der Waals surface area contributed by atoms with Crippen LogP contribution in [0.5, 0.6) is 0 Å². The minimum Gasteiger partial charge on any atom is -0.394 e. The summed E-state index contributed by atoms with van der Waals surface area (Å²) in [6.07, 6.45) is -31.0. The molecule has 4 aliphatic rings. The van der Waals surface area contributed by atoms with Gasteiger partial charge in [-0.2, -0.15) is 0 Å². The van der Waals surface area contributed by atoms with Crippen LogP contribution in [-0.2, 0) is 42.7 Å². The Morgan fingerprint density at radius 3 is 1.62 bits per heavy atom. The summed E-state index contributed by atoms with van der Waals surface area (Å²) in [5, 5.41) is 120. The third-order valence-electron chi connectivity index (χ3n) is 8.97. The highest BCUT2D eigenvalue weighted by Gasteiger charge is 2.56. The maximum Gasteiger partial charge on any atom is 0.217 e. The van der Waals surface area contributed by atoms with Crippen LogP contribution in [0.25, 0.3) is 0 Å². The van der Waals surface area contributed by atoms with E-state index in [0.717, 1.165) is 13.8 Å². The Morgan fingerprint density at radius 2 is 1.04 bits per heavy atom. The number of rotatable bonds is 11. The normalized spacial score (nSPS) is 48.5. The van der Waals surface area contributed by atoms with Gasteiger partial charge in [0, 0.05) is 13.8 Å². The molecule has 0 unspecified atom stereocenters. The van der Waals surface area contributed by atoms with Gasteiger partial charge in [0.1, 0.15) is 91.4 Å². The van der Waals surface area contributed by atoms with Gasteiger partial charge in [0.15, 0.2) is 25.2 Å². The Balaban J connectivity index is 1.75. The van der Waals surface area contributed by atoms with Crippen molar-refractivity contribution in [3.8, 4) is 0 Å². The summed E-state index contributed by atoms with van der Waals surface area (Å²) in [7, 11) is 0. The van der Waals surface area contributed by atoms with Gasteiger partial charge >= 0.3 is 0 Å². The van der Waals surface area contributed by atoms with Gasteiger partial charge in [-0.15, -0.1) is 0 Å². The molecule has 22 nitrogen and oxygen atoms in total. The summed E-state index contributed by atoms with van der Waals surface area (Å²) in [6, 6.07) is -3.05. The van der Waals surface area contributed by atoms with Gasteiger partial charge in [0.25, 0.3) is 0 Å². The molecule has 0 aliphatic carbocycles. The van der Waals surface area contributed by atoms with E-state index in [-0.39, 0.29) is 0 Å². The Bertz CT molecular complexity index is 1130. The summed E-state index contributed by atoms with van der Waals surface area (Å²) in [6.45, 7) is 0.904. The quantitative estimate of drug-likeness (QED) is 0.0938. The molecule has 0 aromatic carbocycles. The van der Waals surface area contributed by atoms with Crippen molar-refractivity contribution in [2.45, 2.75) is 143 Å². The maximum absolute atomic E-state index is 12.0. The van der Waals surface area contributed by atoms with Crippen LogP contribution in [0.2, 0.25) is 0 Å². The van der Waals surface area contributed by atoms with Crippen LogP contribution >= 0.6 is 0 Å². The molecule has 50 heavy (non-hydrogen) atoms. The van der Waals surface area contributed by atoms with E-state index in [1.54, 1.807) is 0 Å². The van der Waals surface area contributed by atoms with E-state index in [1.165, 1.54) is 6.92 Å². The molecule has 4 fully saturated rings. The molecule has 4 aliphatic heterocycles. The minimum absolute atomic E-state index is 0.682. The maximum atomic E-state index is 12.0. The lowest BCUT2D eigenvalue weighted by molar-refractivity contribution is -0.398. The van der Waals surface area contributed by atoms with Crippen LogP contribution in [0.4, 0.5) is 0 Å². The second-order valence-corrected chi connectivity index (χ2v) is 12.6. The number of ether oxygens (including phenoxy) is 7. The fourth-order valence-electron chi connectivity index (χ4n) is 6.27. The second-order valence-electron chi connectivity index (χ2n) is 12.6. The highest BCUT2D eigenvalue weighted by Crippen LogP contribution is 2.36. The first-order valence-electron chi connectivity index (χ1n) is 15.9. The van der Waals surface area contributed by atoms with Crippen molar-refractivity contribution in [3.05, 3.63) is 0 Å². The van der Waals surface area contributed by atoms with Gasteiger partial charge in [-0.05, 0) is 6.92 Å². The lowest BCUT2D eigenvalue weighted by Crippen LogP contribution is -2.70. The summed E-state index contributed by atoms with van der Waals surface area (Å²) < 4.78 is 40.3. The van der Waals surface area contributed by atoms with E-state index in [4.69, 9.17) is 33.2 Å². The predicted octanol–water partition coefficient (Wildman–Crippen LogP) is -8.43. The van der Waals surface area contributed by atoms with E-state index in [1.807, 2.05) is 0 Å². The van der Waals surface area contributed by atoms with Crippen LogP contribution in [-0.4, -0.2) is 211 Å². The number of hydrogen-bond donors (Lipinski definition) is 13. The van der Waals surface area contributed by atoms with Crippen LogP contribution < -0.4 is 10.6 Å². The van der Waals surface area contributed by atoms with E-state index in [0.29, 0.717) is 0 Å². The number of nitrogens with one attached hydrogen (secondary N) is 2. The monoisotopic (exact) mass is 732 g/mol. The van der Waals surface area contributed by atoms with Gasteiger partial charge in [0.2, 0.25) is 11.8 Å². The molecule has 0 aromatic rings. The van der Waals surface area contributed by atoms with Gasteiger partial charge in [-0.1, -0.05) is 0 Å². The first kappa shape index (κ1) is 41.0. The molecule has 290 valence electrons. The highest BCUT2D eigenvalue weighted by molar-refractivity contribution is 5.73. The molecule has 0 saturated carbocycles. The lowest BCUT2D eigenvalue weighted by atomic mass is 9.94. The minimum atomic E-state index is -1.95. The van der Waals surface area contributed by atoms with Gasteiger partial charge in [0.05, 0.1) is 25.9 Å². The molecular formula is C28H48N2O20. The van der Waals surface area contributed by atoms with Crippen LogP contribution in [0, 0.1) is 0 Å². The Labute approximate surface area is 285 Å². The number of carbonyl (C=O) groups excluding carboxylic acids is 2. The van der Waals surface area contributed by atoms with Crippen molar-refractivity contribution in [2.24, 2.45) is 0 Å². The average molecular weight is 733 g/mol.